The number of hydrogen-bond donors (Lipinski definition) is 0. The Morgan fingerprint density at radius 1 is 1.16 bits per heavy atom. The van der Waals surface area contributed by atoms with Crippen molar-refractivity contribution in [3.8, 4) is 11.5 Å². The van der Waals surface area contributed by atoms with Crippen molar-refractivity contribution in [1.29, 1.82) is 0 Å². The van der Waals surface area contributed by atoms with E-state index in [1.54, 1.807) is 7.11 Å². The van der Waals surface area contributed by atoms with Crippen LogP contribution in [0.2, 0.25) is 0 Å². The molecule has 3 nitrogen and oxygen atoms in total. The zero-order valence-corrected chi connectivity index (χ0v) is 12.3. The van der Waals surface area contributed by atoms with Crippen molar-refractivity contribution in [2.75, 3.05) is 33.4 Å². The van der Waals surface area contributed by atoms with E-state index in [0.717, 1.165) is 36.5 Å². The minimum Gasteiger partial charge on any atom is -0.493 e. The van der Waals surface area contributed by atoms with Crippen LogP contribution in [-0.4, -0.2) is 38.3 Å². The molecule has 1 saturated heterocycles. The van der Waals surface area contributed by atoms with Gasteiger partial charge in [-0.2, -0.15) is 0 Å². The van der Waals surface area contributed by atoms with Gasteiger partial charge in [-0.1, -0.05) is 26.0 Å². The fourth-order valence-corrected chi connectivity index (χ4v) is 2.58. The molecule has 1 aliphatic heterocycles. The first-order chi connectivity index (χ1) is 9.20. The number of ether oxygens (including phenoxy) is 2. The minimum absolute atomic E-state index is 0.724. The molecule has 2 atom stereocenters. The zero-order valence-electron chi connectivity index (χ0n) is 12.3. The summed E-state index contributed by atoms with van der Waals surface area (Å²) in [5, 5.41) is 0. The highest BCUT2D eigenvalue weighted by Gasteiger charge is 2.22. The summed E-state index contributed by atoms with van der Waals surface area (Å²) in [6.07, 6.45) is 1.30. The number of hydrogen-bond acceptors (Lipinski definition) is 3. The Labute approximate surface area is 116 Å². The molecule has 0 aliphatic carbocycles. The van der Waals surface area contributed by atoms with Gasteiger partial charge >= 0.3 is 0 Å². The molecule has 19 heavy (non-hydrogen) atoms. The lowest BCUT2D eigenvalue weighted by Crippen LogP contribution is -2.40. The van der Waals surface area contributed by atoms with E-state index in [4.69, 9.17) is 9.47 Å². The molecule has 0 spiro atoms. The standard InChI is InChI=1S/C16H25NO2/c1-13-8-9-17(12-14(13)2)10-11-19-16-7-5-4-6-15(16)18-3/h4-7,13-14H,8-12H2,1-3H3/t13-,14+/m1/s1. The first-order valence-electron chi connectivity index (χ1n) is 7.19. The largest absolute Gasteiger partial charge is 0.493 e. The van der Waals surface area contributed by atoms with E-state index in [2.05, 4.69) is 18.7 Å². The molecule has 0 unspecified atom stereocenters. The Hall–Kier alpha value is -1.22. The first kappa shape index (κ1) is 14.2. The highest BCUT2D eigenvalue weighted by Crippen LogP contribution is 2.26. The monoisotopic (exact) mass is 263 g/mol. The van der Waals surface area contributed by atoms with Crippen molar-refractivity contribution in [2.45, 2.75) is 20.3 Å². The molecule has 106 valence electrons. The normalized spacial score (nSPS) is 24.2. The average molecular weight is 263 g/mol. The highest BCUT2D eigenvalue weighted by atomic mass is 16.5. The lowest BCUT2D eigenvalue weighted by molar-refractivity contribution is 0.119. The molecule has 0 aromatic heterocycles. The minimum atomic E-state index is 0.724. The van der Waals surface area contributed by atoms with Crippen LogP contribution in [0.3, 0.4) is 0 Å². The number of benzene rings is 1. The Balaban J connectivity index is 1.77. The molecule has 1 fully saturated rings. The van der Waals surface area contributed by atoms with E-state index < -0.39 is 0 Å². The number of para-hydroxylation sites is 2. The van der Waals surface area contributed by atoms with Crippen LogP contribution < -0.4 is 9.47 Å². The molecule has 0 radical (unpaired) electrons. The van der Waals surface area contributed by atoms with Crippen LogP contribution in [0.25, 0.3) is 0 Å². The smallest absolute Gasteiger partial charge is 0.161 e. The summed E-state index contributed by atoms with van der Waals surface area (Å²) in [5.41, 5.74) is 0. The van der Waals surface area contributed by atoms with Crippen molar-refractivity contribution in [3.05, 3.63) is 24.3 Å². The molecular formula is C16H25NO2. The Morgan fingerprint density at radius 2 is 1.89 bits per heavy atom. The van der Waals surface area contributed by atoms with Gasteiger partial charge < -0.3 is 9.47 Å². The van der Waals surface area contributed by atoms with Crippen LogP contribution in [0.15, 0.2) is 24.3 Å². The number of methoxy groups -OCH3 is 1. The Morgan fingerprint density at radius 3 is 2.58 bits per heavy atom. The molecular weight excluding hydrogens is 238 g/mol. The van der Waals surface area contributed by atoms with Gasteiger partial charge in [-0.05, 0) is 36.9 Å². The van der Waals surface area contributed by atoms with E-state index in [1.165, 1.54) is 19.5 Å². The van der Waals surface area contributed by atoms with Gasteiger partial charge in [0.2, 0.25) is 0 Å². The van der Waals surface area contributed by atoms with E-state index >= 15 is 0 Å². The second-order valence-corrected chi connectivity index (χ2v) is 5.54. The molecule has 1 aliphatic rings. The van der Waals surface area contributed by atoms with Crippen molar-refractivity contribution in [3.63, 3.8) is 0 Å². The summed E-state index contributed by atoms with van der Waals surface area (Å²) < 4.78 is 11.1. The predicted molar refractivity (Wildman–Crippen MR) is 77.9 cm³/mol. The quantitative estimate of drug-likeness (QED) is 0.815. The molecule has 1 aromatic rings. The first-order valence-corrected chi connectivity index (χ1v) is 7.19. The lowest BCUT2D eigenvalue weighted by atomic mass is 9.89. The van der Waals surface area contributed by atoms with E-state index in [-0.39, 0.29) is 0 Å². The predicted octanol–water partition coefficient (Wildman–Crippen LogP) is 3.05. The van der Waals surface area contributed by atoms with Crippen molar-refractivity contribution >= 4 is 0 Å². The zero-order chi connectivity index (χ0) is 13.7. The van der Waals surface area contributed by atoms with Gasteiger partial charge in [0.15, 0.2) is 11.5 Å². The number of piperidine rings is 1. The fourth-order valence-electron chi connectivity index (χ4n) is 2.58. The lowest BCUT2D eigenvalue weighted by Gasteiger charge is -2.35. The Bertz CT molecular complexity index is 394. The highest BCUT2D eigenvalue weighted by molar-refractivity contribution is 5.39. The van der Waals surface area contributed by atoms with Gasteiger partial charge in [0.1, 0.15) is 6.61 Å². The third-order valence-corrected chi connectivity index (χ3v) is 4.15. The van der Waals surface area contributed by atoms with Crippen LogP contribution in [0.4, 0.5) is 0 Å². The molecule has 0 N–H and O–H groups in total. The summed E-state index contributed by atoms with van der Waals surface area (Å²) in [5.74, 6) is 3.29. The summed E-state index contributed by atoms with van der Waals surface area (Å²) >= 11 is 0. The van der Waals surface area contributed by atoms with Gasteiger partial charge in [-0.3, -0.25) is 4.90 Å². The molecule has 2 rings (SSSR count). The molecule has 1 aromatic carbocycles. The van der Waals surface area contributed by atoms with Crippen LogP contribution in [0, 0.1) is 11.8 Å². The SMILES string of the molecule is COc1ccccc1OCCN1CC[C@@H](C)[C@@H](C)C1. The Kier molecular flexibility index (Phi) is 5.08. The van der Waals surface area contributed by atoms with E-state index in [1.807, 2.05) is 24.3 Å². The molecule has 0 bridgehead atoms. The second kappa shape index (κ2) is 6.80. The molecule has 0 amide bonds. The van der Waals surface area contributed by atoms with E-state index in [0.29, 0.717) is 0 Å². The van der Waals surface area contributed by atoms with Crippen molar-refractivity contribution in [1.82, 2.24) is 4.90 Å². The van der Waals surface area contributed by atoms with Crippen LogP contribution >= 0.6 is 0 Å². The van der Waals surface area contributed by atoms with Gasteiger partial charge in [-0.25, -0.2) is 0 Å². The average Bonchev–Trinajstić information content (AvgIpc) is 2.43. The van der Waals surface area contributed by atoms with Crippen LogP contribution in [0.1, 0.15) is 20.3 Å². The molecule has 3 heteroatoms. The third-order valence-electron chi connectivity index (χ3n) is 4.15. The third kappa shape index (κ3) is 3.87. The maximum atomic E-state index is 5.83. The number of nitrogens with zero attached hydrogens (tertiary/aromatic N) is 1. The van der Waals surface area contributed by atoms with Gasteiger partial charge in [0.25, 0.3) is 0 Å². The molecule has 0 saturated carbocycles. The molecule has 1 heterocycles. The maximum Gasteiger partial charge on any atom is 0.161 e. The topological polar surface area (TPSA) is 21.7 Å². The fraction of sp³-hybridized carbons (Fsp3) is 0.625. The van der Waals surface area contributed by atoms with Crippen LogP contribution in [-0.2, 0) is 0 Å². The van der Waals surface area contributed by atoms with Crippen molar-refractivity contribution < 1.29 is 9.47 Å². The second-order valence-electron chi connectivity index (χ2n) is 5.54. The van der Waals surface area contributed by atoms with Gasteiger partial charge in [0, 0.05) is 13.1 Å². The summed E-state index contributed by atoms with van der Waals surface area (Å²) in [4.78, 5) is 2.50. The van der Waals surface area contributed by atoms with Gasteiger partial charge in [0.05, 0.1) is 7.11 Å². The number of likely N-dealkylation sites (tertiary alicyclic amines) is 1. The summed E-state index contributed by atoms with van der Waals surface area (Å²) in [7, 11) is 1.68. The van der Waals surface area contributed by atoms with E-state index in [9.17, 15) is 0 Å². The maximum absolute atomic E-state index is 5.83. The van der Waals surface area contributed by atoms with Gasteiger partial charge in [-0.15, -0.1) is 0 Å². The summed E-state index contributed by atoms with van der Waals surface area (Å²) in [6, 6.07) is 7.82. The van der Waals surface area contributed by atoms with Crippen LogP contribution in [0.5, 0.6) is 11.5 Å². The van der Waals surface area contributed by atoms with Crippen molar-refractivity contribution in [2.24, 2.45) is 11.8 Å². The number of rotatable bonds is 5. The summed E-state index contributed by atoms with van der Waals surface area (Å²) in [6.45, 7) is 8.80.